The number of nitrogens with one attached hydrogen (secondary N) is 1. The molecule has 0 aliphatic carbocycles. The van der Waals surface area contributed by atoms with Crippen LogP contribution >= 0.6 is 22.7 Å². The van der Waals surface area contributed by atoms with E-state index in [1.165, 1.54) is 11.3 Å². The molecule has 1 aromatic carbocycles. The van der Waals surface area contributed by atoms with Gasteiger partial charge in [0.2, 0.25) is 0 Å². The lowest BCUT2D eigenvalue weighted by atomic mass is 10.1. The maximum absolute atomic E-state index is 12.0. The van der Waals surface area contributed by atoms with Gasteiger partial charge in [-0.05, 0) is 35.6 Å². The highest BCUT2D eigenvalue weighted by Crippen LogP contribution is 2.27. The standard InChI is InChI=1S/C21H22N2O5S2/c1-26-17-4-3-14(9-18(17)27-2)5-7-22-19(24)11-28-20(25)10-16-13-30-21(23-16)15-6-8-29-12-15/h3-4,6,8-9,12-13H,5,7,10-11H2,1-2H3,(H,22,24). The summed E-state index contributed by atoms with van der Waals surface area (Å²) in [7, 11) is 3.16. The number of esters is 1. The molecule has 0 radical (unpaired) electrons. The Kier molecular flexibility index (Phi) is 7.81. The zero-order valence-corrected chi connectivity index (χ0v) is 18.3. The number of thiazole rings is 1. The SMILES string of the molecule is COc1ccc(CCNC(=O)COC(=O)Cc2csc(-c3ccsc3)n2)cc1OC. The predicted molar refractivity (Wildman–Crippen MR) is 116 cm³/mol. The molecule has 0 aliphatic heterocycles. The van der Waals surface area contributed by atoms with Crippen molar-refractivity contribution < 1.29 is 23.8 Å². The molecule has 0 atom stereocenters. The zero-order chi connectivity index (χ0) is 21.3. The smallest absolute Gasteiger partial charge is 0.312 e. The first-order valence-corrected chi connectivity index (χ1v) is 11.0. The lowest BCUT2D eigenvalue weighted by Crippen LogP contribution is -2.30. The molecule has 0 aliphatic rings. The van der Waals surface area contributed by atoms with Gasteiger partial charge >= 0.3 is 5.97 Å². The average Bonchev–Trinajstić information content (AvgIpc) is 3.44. The number of thiophene rings is 1. The van der Waals surface area contributed by atoms with Crippen LogP contribution in [-0.4, -0.2) is 44.2 Å². The molecule has 0 saturated heterocycles. The summed E-state index contributed by atoms with van der Waals surface area (Å²) in [5, 5.41) is 9.42. The van der Waals surface area contributed by atoms with Crippen molar-refractivity contribution >= 4 is 34.6 Å². The molecule has 3 aromatic rings. The van der Waals surface area contributed by atoms with Crippen LogP contribution in [0.5, 0.6) is 11.5 Å². The number of amides is 1. The molecule has 7 nitrogen and oxygen atoms in total. The fraction of sp³-hybridized carbons (Fsp3) is 0.286. The second-order valence-electron chi connectivity index (χ2n) is 6.28. The third kappa shape index (κ3) is 6.04. The molecule has 158 valence electrons. The van der Waals surface area contributed by atoms with Gasteiger partial charge in [0.1, 0.15) is 5.01 Å². The first kappa shape index (κ1) is 21.8. The summed E-state index contributed by atoms with van der Waals surface area (Å²) in [5.74, 6) is 0.465. The number of benzene rings is 1. The minimum atomic E-state index is -0.479. The Morgan fingerprint density at radius 2 is 1.93 bits per heavy atom. The van der Waals surface area contributed by atoms with Gasteiger partial charge in [0.25, 0.3) is 5.91 Å². The molecule has 1 N–H and O–H groups in total. The topological polar surface area (TPSA) is 86.8 Å². The fourth-order valence-corrected chi connectivity index (χ4v) is 4.22. The maximum Gasteiger partial charge on any atom is 0.312 e. The van der Waals surface area contributed by atoms with E-state index in [0.29, 0.717) is 30.2 Å². The Bertz CT molecular complexity index is 985. The first-order valence-electron chi connectivity index (χ1n) is 9.19. The van der Waals surface area contributed by atoms with E-state index in [9.17, 15) is 9.59 Å². The summed E-state index contributed by atoms with van der Waals surface area (Å²) in [5.41, 5.74) is 2.67. The summed E-state index contributed by atoms with van der Waals surface area (Å²) in [6.07, 6.45) is 0.657. The minimum Gasteiger partial charge on any atom is -0.493 e. The van der Waals surface area contributed by atoms with Crippen molar-refractivity contribution in [2.24, 2.45) is 0 Å². The van der Waals surface area contributed by atoms with E-state index in [1.807, 2.05) is 40.4 Å². The van der Waals surface area contributed by atoms with Crippen molar-refractivity contribution in [3.63, 3.8) is 0 Å². The molecule has 0 spiro atoms. The van der Waals surface area contributed by atoms with Gasteiger partial charge in [-0.3, -0.25) is 9.59 Å². The van der Waals surface area contributed by atoms with Crippen LogP contribution in [0.1, 0.15) is 11.3 Å². The number of carbonyl (C=O) groups is 2. The molecule has 30 heavy (non-hydrogen) atoms. The van der Waals surface area contributed by atoms with Crippen molar-refractivity contribution in [1.82, 2.24) is 10.3 Å². The summed E-state index contributed by atoms with van der Waals surface area (Å²) >= 11 is 3.08. The minimum absolute atomic E-state index is 0.0412. The third-order valence-electron chi connectivity index (χ3n) is 4.19. The second kappa shape index (κ2) is 10.7. The number of ether oxygens (including phenoxy) is 3. The zero-order valence-electron chi connectivity index (χ0n) is 16.7. The number of aromatic nitrogens is 1. The van der Waals surface area contributed by atoms with Gasteiger partial charge < -0.3 is 19.5 Å². The highest BCUT2D eigenvalue weighted by Gasteiger charge is 2.12. The Morgan fingerprint density at radius 3 is 2.67 bits per heavy atom. The van der Waals surface area contributed by atoms with E-state index in [0.717, 1.165) is 16.1 Å². The van der Waals surface area contributed by atoms with Gasteiger partial charge in [0.15, 0.2) is 18.1 Å². The molecular formula is C21H22N2O5S2. The van der Waals surface area contributed by atoms with Crippen LogP contribution in [-0.2, 0) is 27.2 Å². The third-order valence-corrected chi connectivity index (χ3v) is 5.82. The molecular weight excluding hydrogens is 424 g/mol. The largest absolute Gasteiger partial charge is 0.493 e. The number of hydrogen-bond donors (Lipinski definition) is 1. The summed E-state index contributed by atoms with van der Waals surface area (Å²) in [6.45, 7) is 0.105. The number of hydrogen-bond acceptors (Lipinski definition) is 8. The lowest BCUT2D eigenvalue weighted by molar-refractivity contribution is -0.147. The quantitative estimate of drug-likeness (QED) is 0.481. The van der Waals surface area contributed by atoms with Crippen molar-refractivity contribution in [2.45, 2.75) is 12.8 Å². The van der Waals surface area contributed by atoms with Crippen molar-refractivity contribution in [2.75, 3.05) is 27.4 Å². The molecule has 0 bridgehead atoms. The molecule has 0 saturated carbocycles. The molecule has 2 heterocycles. The summed E-state index contributed by atoms with van der Waals surface area (Å²) < 4.78 is 15.5. The van der Waals surface area contributed by atoms with Gasteiger partial charge in [-0.1, -0.05) is 6.07 Å². The highest BCUT2D eigenvalue weighted by molar-refractivity contribution is 7.14. The van der Waals surface area contributed by atoms with Gasteiger partial charge in [-0.15, -0.1) is 11.3 Å². The Labute approximate surface area is 182 Å². The number of nitrogens with zero attached hydrogens (tertiary/aromatic N) is 1. The van der Waals surface area contributed by atoms with Gasteiger partial charge in [-0.25, -0.2) is 4.98 Å². The van der Waals surface area contributed by atoms with E-state index in [1.54, 1.807) is 25.6 Å². The highest BCUT2D eigenvalue weighted by atomic mass is 32.1. The average molecular weight is 447 g/mol. The molecule has 3 rings (SSSR count). The molecule has 1 amide bonds. The maximum atomic E-state index is 12.0. The van der Waals surface area contributed by atoms with Crippen LogP contribution in [0.2, 0.25) is 0 Å². The van der Waals surface area contributed by atoms with Gasteiger partial charge in [-0.2, -0.15) is 11.3 Å². The van der Waals surface area contributed by atoms with E-state index in [4.69, 9.17) is 14.2 Å². The van der Waals surface area contributed by atoms with Gasteiger partial charge in [0.05, 0.1) is 26.3 Å². The Balaban J connectivity index is 1.38. The van der Waals surface area contributed by atoms with Crippen LogP contribution in [0.25, 0.3) is 10.6 Å². The monoisotopic (exact) mass is 446 g/mol. The van der Waals surface area contributed by atoms with Crippen molar-refractivity contribution in [3.05, 3.63) is 51.7 Å². The van der Waals surface area contributed by atoms with Crippen LogP contribution in [0.3, 0.4) is 0 Å². The summed E-state index contributed by atoms with van der Waals surface area (Å²) in [4.78, 5) is 28.3. The summed E-state index contributed by atoms with van der Waals surface area (Å²) in [6, 6.07) is 7.58. The Hall–Kier alpha value is -2.91. The van der Waals surface area contributed by atoms with Crippen molar-refractivity contribution in [3.8, 4) is 22.1 Å². The number of rotatable bonds is 10. The van der Waals surface area contributed by atoms with Crippen LogP contribution in [0.4, 0.5) is 0 Å². The normalized spacial score (nSPS) is 10.5. The van der Waals surface area contributed by atoms with E-state index < -0.39 is 5.97 Å². The number of carbonyl (C=O) groups excluding carboxylic acids is 2. The number of methoxy groups -OCH3 is 2. The Morgan fingerprint density at radius 1 is 1.10 bits per heavy atom. The fourth-order valence-electron chi connectivity index (χ4n) is 2.69. The first-order chi connectivity index (χ1) is 14.6. The van der Waals surface area contributed by atoms with E-state index >= 15 is 0 Å². The van der Waals surface area contributed by atoms with Crippen LogP contribution in [0.15, 0.2) is 40.4 Å². The van der Waals surface area contributed by atoms with Crippen LogP contribution in [0, 0.1) is 0 Å². The molecule has 9 heteroatoms. The van der Waals surface area contributed by atoms with E-state index in [2.05, 4.69) is 10.3 Å². The predicted octanol–water partition coefficient (Wildman–Crippen LogP) is 3.33. The van der Waals surface area contributed by atoms with Gasteiger partial charge in [0, 0.05) is 22.9 Å². The molecule has 2 aromatic heterocycles. The molecule has 0 unspecified atom stereocenters. The lowest BCUT2D eigenvalue weighted by Gasteiger charge is -2.10. The molecule has 0 fully saturated rings. The van der Waals surface area contributed by atoms with Crippen LogP contribution < -0.4 is 14.8 Å². The van der Waals surface area contributed by atoms with Crippen molar-refractivity contribution in [1.29, 1.82) is 0 Å². The second-order valence-corrected chi connectivity index (χ2v) is 7.92. The van der Waals surface area contributed by atoms with E-state index in [-0.39, 0.29) is 18.9 Å².